The average Bonchev–Trinajstić information content (AvgIpc) is 3.13. The molecule has 2 aromatic carbocycles. The number of nitrogens with one attached hydrogen (secondary N) is 1. The molecular weight excluding hydrogens is 383 g/mol. The minimum atomic E-state index is -0.776. The van der Waals surface area contributed by atoms with Crippen molar-refractivity contribution in [3.8, 4) is 5.69 Å². The van der Waals surface area contributed by atoms with Gasteiger partial charge in [0.1, 0.15) is 5.54 Å². The van der Waals surface area contributed by atoms with Gasteiger partial charge in [-0.2, -0.15) is 0 Å². The second-order valence-corrected chi connectivity index (χ2v) is 7.63. The molecule has 1 atom stereocenters. The second kappa shape index (κ2) is 5.65. The van der Waals surface area contributed by atoms with Crippen molar-refractivity contribution in [2.75, 3.05) is 5.32 Å². The summed E-state index contributed by atoms with van der Waals surface area (Å²) in [5.41, 5.74) is 2.53. The molecule has 1 aliphatic rings. The normalized spacial score (nSPS) is 18.0. The van der Waals surface area contributed by atoms with E-state index in [0.29, 0.717) is 26.6 Å². The number of aromatic nitrogens is 1. The van der Waals surface area contributed by atoms with Crippen LogP contribution in [0.5, 0.6) is 0 Å². The lowest BCUT2D eigenvalue weighted by Gasteiger charge is -2.38. The summed E-state index contributed by atoms with van der Waals surface area (Å²) in [7, 11) is 0. The topological polar surface area (TPSA) is 47.2 Å². The zero-order valence-corrected chi connectivity index (χ0v) is 15.8. The molecule has 3 heterocycles. The summed E-state index contributed by atoms with van der Waals surface area (Å²) >= 11 is 12.3. The predicted molar refractivity (Wildman–Crippen MR) is 108 cm³/mol. The summed E-state index contributed by atoms with van der Waals surface area (Å²) in [4.78, 5) is 12.9. The first kappa shape index (κ1) is 16.5. The molecule has 0 amide bonds. The van der Waals surface area contributed by atoms with Gasteiger partial charge in [-0.1, -0.05) is 35.3 Å². The maximum Gasteiger partial charge on any atom is 0.342 e. The monoisotopic (exact) mass is 396 g/mol. The third-order valence-corrected chi connectivity index (χ3v) is 5.60. The lowest BCUT2D eigenvalue weighted by Crippen LogP contribution is -2.42. The number of rotatable bonds is 1. The third kappa shape index (κ3) is 2.34. The molecule has 0 bridgehead atoms. The molecule has 4 aromatic rings. The van der Waals surface area contributed by atoms with Crippen LogP contribution in [0.2, 0.25) is 10.0 Å². The summed E-state index contributed by atoms with van der Waals surface area (Å²) in [6, 6.07) is 17.1. The maximum atomic E-state index is 12.9. The smallest absolute Gasteiger partial charge is 0.342 e. The molecule has 27 heavy (non-hydrogen) atoms. The van der Waals surface area contributed by atoms with Gasteiger partial charge in [-0.25, -0.2) is 4.79 Å². The molecule has 4 nitrogen and oxygen atoms in total. The van der Waals surface area contributed by atoms with Gasteiger partial charge in [0, 0.05) is 16.6 Å². The SMILES string of the molecule is CC1(c2cc3cc(Cl)cc(Cl)c3oc2=O)Nc2ccccc2-n2cccc21. The molecular formula is C21H14Cl2N2O2. The van der Waals surface area contributed by atoms with Gasteiger partial charge in [0.15, 0.2) is 5.58 Å². The molecule has 1 N–H and O–H groups in total. The first-order valence-electron chi connectivity index (χ1n) is 8.46. The van der Waals surface area contributed by atoms with Gasteiger partial charge in [0.05, 0.1) is 27.7 Å². The Balaban J connectivity index is 1.80. The van der Waals surface area contributed by atoms with E-state index < -0.39 is 11.2 Å². The fourth-order valence-corrected chi connectivity index (χ4v) is 4.38. The van der Waals surface area contributed by atoms with E-state index in [-0.39, 0.29) is 0 Å². The van der Waals surface area contributed by atoms with Crippen LogP contribution in [0, 0.1) is 0 Å². The van der Waals surface area contributed by atoms with Crippen LogP contribution in [0.1, 0.15) is 18.2 Å². The van der Waals surface area contributed by atoms with Crippen LogP contribution in [0.4, 0.5) is 5.69 Å². The second-order valence-electron chi connectivity index (χ2n) is 6.78. The van der Waals surface area contributed by atoms with Gasteiger partial charge >= 0.3 is 5.63 Å². The number of nitrogens with zero attached hydrogens (tertiary/aromatic N) is 1. The van der Waals surface area contributed by atoms with E-state index in [9.17, 15) is 4.79 Å². The Bertz CT molecular complexity index is 1270. The van der Waals surface area contributed by atoms with Gasteiger partial charge < -0.3 is 14.3 Å². The van der Waals surface area contributed by atoms with Crippen molar-refractivity contribution in [3.63, 3.8) is 0 Å². The predicted octanol–water partition coefficient (Wildman–Crippen LogP) is 5.58. The van der Waals surface area contributed by atoms with Crippen LogP contribution in [-0.2, 0) is 5.54 Å². The number of hydrogen-bond acceptors (Lipinski definition) is 3. The number of hydrogen-bond donors (Lipinski definition) is 1. The molecule has 1 aliphatic heterocycles. The molecule has 5 rings (SSSR count). The largest absolute Gasteiger partial charge is 0.421 e. The minimum absolute atomic E-state index is 0.316. The van der Waals surface area contributed by atoms with Crippen LogP contribution >= 0.6 is 23.2 Å². The Morgan fingerprint density at radius 1 is 1.07 bits per heavy atom. The molecule has 0 saturated carbocycles. The van der Waals surface area contributed by atoms with E-state index in [4.69, 9.17) is 27.6 Å². The van der Waals surface area contributed by atoms with Crippen LogP contribution in [0.15, 0.2) is 70.0 Å². The Labute approximate surface area is 164 Å². The number of anilines is 1. The van der Waals surface area contributed by atoms with Crippen LogP contribution in [0.25, 0.3) is 16.7 Å². The summed E-state index contributed by atoms with van der Waals surface area (Å²) in [5.74, 6) is 0. The molecule has 0 radical (unpaired) electrons. The Morgan fingerprint density at radius 3 is 2.74 bits per heavy atom. The fraction of sp³-hybridized carbons (Fsp3) is 0.0952. The highest BCUT2D eigenvalue weighted by atomic mass is 35.5. The van der Waals surface area contributed by atoms with Crippen molar-refractivity contribution in [2.24, 2.45) is 0 Å². The third-order valence-electron chi connectivity index (χ3n) is 5.10. The number of para-hydroxylation sites is 2. The summed E-state index contributed by atoms with van der Waals surface area (Å²) < 4.78 is 7.66. The van der Waals surface area contributed by atoms with Crippen molar-refractivity contribution in [1.29, 1.82) is 0 Å². The van der Waals surface area contributed by atoms with Crippen LogP contribution in [0.3, 0.4) is 0 Å². The zero-order chi connectivity index (χ0) is 18.8. The first-order valence-corrected chi connectivity index (χ1v) is 9.22. The van der Waals surface area contributed by atoms with Crippen LogP contribution < -0.4 is 10.9 Å². The molecule has 2 aromatic heterocycles. The summed E-state index contributed by atoms with van der Waals surface area (Å²) in [6.45, 7) is 1.97. The van der Waals surface area contributed by atoms with E-state index in [1.165, 1.54) is 0 Å². The number of halogens is 2. The zero-order valence-electron chi connectivity index (χ0n) is 14.3. The summed E-state index contributed by atoms with van der Waals surface area (Å²) in [5, 5.41) is 5.01. The highest BCUT2D eigenvalue weighted by molar-refractivity contribution is 6.38. The van der Waals surface area contributed by atoms with Gasteiger partial charge in [-0.05, 0) is 49.4 Å². The van der Waals surface area contributed by atoms with Gasteiger partial charge in [-0.15, -0.1) is 0 Å². The Hall–Kier alpha value is -2.69. The van der Waals surface area contributed by atoms with Crippen molar-refractivity contribution >= 4 is 39.9 Å². The van der Waals surface area contributed by atoms with E-state index in [1.807, 2.05) is 49.5 Å². The lowest BCUT2D eigenvalue weighted by atomic mass is 9.87. The average molecular weight is 397 g/mol. The molecule has 1 unspecified atom stereocenters. The lowest BCUT2D eigenvalue weighted by molar-refractivity contribution is 0.511. The maximum absolute atomic E-state index is 12.9. The summed E-state index contributed by atoms with van der Waals surface area (Å²) in [6.07, 6.45) is 1.99. The van der Waals surface area contributed by atoms with Crippen LogP contribution in [-0.4, -0.2) is 4.57 Å². The van der Waals surface area contributed by atoms with Gasteiger partial charge in [0.2, 0.25) is 0 Å². The standard InChI is InChI=1S/C21H14Cl2N2O2/c1-21(14-10-12-9-13(22)11-15(23)19(12)27-20(14)26)18-7-4-8-25(18)17-6-3-2-5-16(17)24-21/h2-11,24H,1H3. The minimum Gasteiger partial charge on any atom is -0.421 e. The Morgan fingerprint density at radius 2 is 1.89 bits per heavy atom. The first-order chi connectivity index (χ1) is 13.0. The quantitative estimate of drug-likeness (QED) is 0.427. The van der Waals surface area contributed by atoms with E-state index in [2.05, 4.69) is 9.88 Å². The van der Waals surface area contributed by atoms with Gasteiger partial charge in [-0.3, -0.25) is 0 Å². The molecule has 134 valence electrons. The number of fused-ring (bicyclic) bond motifs is 4. The van der Waals surface area contributed by atoms with Crippen molar-refractivity contribution < 1.29 is 4.42 Å². The fourth-order valence-electron chi connectivity index (χ4n) is 3.83. The van der Waals surface area contributed by atoms with E-state index >= 15 is 0 Å². The Kier molecular flexibility index (Phi) is 3.45. The molecule has 0 saturated heterocycles. The van der Waals surface area contributed by atoms with Gasteiger partial charge in [0.25, 0.3) is 0 Å². The van der Waals surface area contributed by atoms with Crippen molar-refractivity contribution in [3.05, 3.63) is 92.5 Å². The molecule has 0 fully saturated rings. The highest BCUT2D eigenvalue weighted by Crippen LogP contribution is 2.41. The highest BCUT2D eigenvalue weighted by Gasteiger charge is 2.39. The van der Waals surface area contributed by atoms with E-state index in [1.54, 1.807) is 18.2 Å². The molecule has 0 aliphatic carbocycles. The van der Waals surface area contributed by atoms with Crippen molar-refractivity contribution in [2.45, 2.75) is 12.5 Å². The van der Waals surface area contributed by atoms with E-state index in [0.717, 1.165) is 17.1 Å². The molecule has 6 heteroatoms. The van der Waals surface area contributed by atoms with Crippen molar-refractivity contribution in [1.82, 2.24) is 4.57 Å². The number of benzene rings is 2. The molecule has 0 spiro atoms.